The van der Waals surface area contributed by atoms with E-state index in [1.54, 1.807) is 0 Å². The molecule has 0 saturated heterocycles. The Morgan fingerprint density at radius 2 is 0.583 bits per heavy atom. The van der Waals surface area contributed by atoms with Gasteiger partial charge in [-0.25, -0.2) is 19.9 Å². The molecule has 226 valence electrons. The number of nitrogens with zero attached hydrogens (tertiary/aromatic N) is 4. The normalized spacial score (nSPS) is 11.5. The molecule has 0 aliphatic rings. The van der Waals surface area contributed by atoms with E-state index in [1.807, 2.05) is 60.7 Å². The number of rotatable bonds is 4. The molecule has 0 bridgehead atoms. The molecule has 0 saturated carbocycles. The summed E-state index contributed by atoms with van der Waals surface area (Å²) in [5.41, 5.74) is 11.0. The van der Waals surface area contributed by atoms with Crippen LogP contribution < -0.4 is 0 Å². The first-order valence-corrected chi connectivity index (χ1v) is 16.4. The third-order valence-electron chi connectivity index (χ3n) is 8.77. The van der Waals surface area contributed by atoms with Crippen LogP contribution in [0.25, 0.3) is 88.6 Å². The Morgan fingerprint density at radius 1 is 0.292 bits per heavy atom. The van der Waals surface area contributed by atoms with Gasteiger partial charge in [0.1, 0.15) is 0 Å². The number of halogens is 2. The highest BCUT2D eigenvalue weighted by Crippen LogP contribution is 2.32. The maximum atomic E-state index is 6.14. The molecule has 0 N–H and O–H groups in total. The Kier molecular flexibility index (Phi) is 6.86. The summed E-state index contributed by atoms with van der Waals surface area (Å²) in [6.07, 6.45) is 0. The molecule has 0 aliphatic heterocycles. The minimum Gasteiger partial charge on any atom is -0.245 e. The minimum absolute atomic E-state index is 0.700. The van der Waals surface area contributed by atoms with Gasteiger partial charge in [0.25, 0.3) is 0 Å². The first-order valence-electron chi connectivity index (χ1n) is 15.6. The van der Waals surface area contributed by atoms with Gasteiger partial charge in [-0.05, 0) is 54.6 Å². The van der Waals surface area contributed by atoms with Crippen molar-refractivity contribution in [2.45, 2.75) is 0 Å². The van der Waals surface area contributed by atoms with E-state index in [-0.39, 0.29) is 0 Å². The Morgan fingerprint density at radius 3 is 0.917 bits per heavy atom. The largest absolute Gasteiger partial charge is 0.245 e. The number of benzene rings is 5. The summed E-state index contributed by atoms with van der Waals surface area (Å²) < 4.78 is 0. The van der Waals surface area contributed by atoms with Gasteiger partial charge in [0.15, 0.2) is 0 Å². The van der Waals surface area contributed by atoms with E-state index >= 15 is 0 Å². The molecule has 0 aliphatic carbocycles. The van der Waals surface area contributed by atoms with Crippen LogP contribution in [-0.2, 0) is 0 Å². The smallest absolute Gasteiger partial charge is 0.0972 e. The van der Waals surface area contributed by atoms with Gasteiger partial charge in [-0.2, -0.15) is 0 Å². The van der Waals surface area contributed by atoms with E-state index in [4.69, 9.17) is 43.1 Å². The predicted molar refractivity (Wildman–Crippen MR) is 199 cm³/mol. The van der Waals surface area contributed by atoms with Gasteiger partial charge in [0.2, 0.25) is 0 Å². The second kappa shape index (κ2) is 11.5. The summed E-state index contributed by atoms with van der Waals surface area (Å²) in [7, 11) is 0. The zero-order valence-corrected chi connectivity index (χ0v) is 26.9. The van der Waals surface area contributed by atoms with Crippen LogP contribution >= 0.6 is 23.2 Å². The number of pyridine rings is 4. The van der Waals surface area contributed by atoms with Crippen LogP contribution in [0.3, 0.4) is 0 Å². The zero-order chi connectivity index (χ0) is 32.2. The number of hydrogen-bond donors (Lipinski definition) is 0. The Labute approximate surface area is 286 Å². The molecule has 4 heterocycles. The minimum atomic E-state index is 0.700. The zero-order valence-electron chi connectivity index (χ0n) is 25.4. The molecular formula is C42H24Cl2N4. The molecule has 5 aromatic carbocycles. The van der Waals surface area contributed by atoms with Crippen LogP contribution in [0.5, 0.6) is 0 Å². The quantitative estimate of drug-likeness (QED) is 0.177. The van der Waals surface area contributed by atoms with E-state index in [9.17, 15) is 0 Å². The van der Waals surface area contributed by atoms with Gasteiger partial charge in [0, 0.05) is 53.8 Å². The maximum absolute atomic E-state index is 6.14. The lowest BCUT2D eigenvalue weighted by molar-refractivity contribution is 1.35. The lowest BCUT2D eigenvalue weighted by atomic mass is 10.0. The molecule has 0 fully saturated rings. The molecule has 0 spiro atoms. The highest BCUT2D eigenvalue weighted by molar-refractivity contribution is 6.31. The summed E-state index contributed by atoms with van der Waals surface area (Å²) >= 11 is 12.3. The van der Waals surface area contributed by atoms with Crippen molar-refractivity contribution in [3.63, 3.8) is 0 Å². The van der Waals surface area contributed by atoms with Gasteiger partial charge in [-0.1, -0.05) is 114 Å². The predicted octanol–water partition coefficient (Wildman–Crippen LogP) is 11.9. The van der Waals surface area contributed by atoms with Crippen molar-refractivity contribution < 1.29 is 0 Å². The van der Waals surface area contributed by atoms with Gasteiger partial charge < -0.3 is 0 Å². The Balaban J connectivity index is 1.13. The van der Waals surface area contributed by atoms with E-state index in [2.05, 4.69) is 84.9 Å². The number of hydrogen-bond acceptors (Lipinski definition) is 4. The van der Waals surface area contributed by atoms with Gasteiger partial charge in [-0.15, -0.1) is 0 Å². The average molecular weight is 656 g/mol. The van der Waals surface area contributed by atoms with Crippen molar-refractivity contribution in [2.75, 3.05) is 0 Å². The van der Waals surface area contributed by atoms with Crippen LogP contribution in [0, 0.1) is 0 Å². The summed E-state index contributed by atoms with van der Waals surface area (Å²) in [5, 5.41) is 5.56. The lowest BCUT2D eigenvalue weighted by Gasteiger charge is -2.10. The van der Waals surface area contributed by atoms with Crippen LogP contribution in [0.1, 0.15) is 0 Å². The van der Waals surface area contributed by atoms with E-state index in [0.717, 1.165) is 88.6 Å². The molecule has 4 aromatic heterocycles. The van der Waals surface area contributed by atoms with Gasteiger partial charge >= 0.3 is 0 Å². The summed E-state index contributed by atoms with van der Waals surface area (Å²) in [5.74, 6) is 0. The van der Waals surface area contributed by atoms with E-state index in [1.165, 1.54) is 0 Å². The highest BCUT2D eigenvalue weighted by atomic mass is 35.5. The Hall–Kier alpha value is -5.68. The summed E-state index contributed by atoms with van der Waals surface area (Å²) in [4.78, 5) is 20.5. The average Bonchev–Trinajstić information content (AvgIpc) is 3.14. The van der Waals surface area contributed by atoms with Crippen molar-refractivity contribution in [1.82, 2.24) is 19.9 Å². The number of aromatic nitrogens is 4. The Bertz CT molecular complexity index is 2500. The van der Waals surface area contributed by atoms with E-state index in [0.29, 0.717) is 10.0 Å². The summed E-state index contributed by atoms with van der Waals surface area (Å²) in [6.45, 7) is 0. The molecule has 9 rings (SSSR count). The molecule has 6 heteroatoms. The molecule has 0 radical (unpaired) electrons. The van der Waals surface area contributed by atoms with Gasteiger partial charge in [-0.3, -0.25) is 0 Å². The lowest BCUT2D eigenvalue weighted by Crippen LogP contribution is -1.92. The second-order valence-electron chi connectivity index (χ2n) is 11.8. The van der Waals surface area contributed by atoms with Crippen LogP contribution in [-0.4, -0.2) is 19.9 Å². The van der Waals surface area contributed by atoms with Crippen molar-refractivity contribution in [1.29, 1.82) is 0 Å². The van der Waals surface area contributed by atoms with Crippen molar-refractivity contribution in [3.05, 3.63) is 156 Å². The highest BCUT2D eigenvalue weighted by Gasteiger charge is 2.12. The molecule has 0 atom stereocenters. The summed E-state index contributed by atoms with van der Waals surface area (Å²) in [6, 6.07) is 48.9. The van der Waals surface area contributed by atoms with Gasteiger partial charge in [0.05, 0.1) is 44.8 Å². The topological polar surface area (TPSA) is 51.6 Å². The SMILES string of the molecule is Clc1ccc(-c2ccc3ccc4ccc(-c5cccc(-c6ccc7ccc8ccc(-c9ccc(Cl)cc9)nc8c7n6)c5)nc4c3n2)cc1. The maximum Gasteiger partial charge on any atom is 0.0972 e. The molecule has 4 nitrogen and oxygen atoms in total. The first-order chi connectivity index (χ1) is 23.6. The van der Waals surface area contributed by atoms with Crippen LogP contribution in [0.2, 0.25) is 10.0 Å². The van der Waals surface area contributed by atoms with Crippen LogP contribution in [0.15, 0.2) is 146 Å². The molecular weight excluding hydrogens is 631 g/mol. The number of fused-ring (bicyclic) bond motifs is 6. The fraction of sp³-hybridized carbons (Fsp3) is 0. The molecule has 9 aromatic rings. The second-order valence-corrected chi connectivity index (χ2v) is 12.7. The fourth-order valence-electron chi connectivity index (χ4n) is 6.26. The third-order valence-corrected chi connectivity index (χ3v) is 9.28. The molecule has 0 amide bonds. The standard InChI is InChI=1S/C42H24Cl2N4/c43-33-16-8-25(9-17-33)35-20-12-27-4-6-29-14-22-37(47-41(29)39(27)45-35)31-2-1-3-32(24-31)38-23-15-30-7-5-28-13-21-36(46-40(28)42(30)48-38)26-10-18-34(44)19-11-26/h1-24H. The third kappa shape index (κ3) is 5.12. The van der Waals surface area contributed by atoms with Crippen molar-refractivity contribution >= 4 is 66.8 Å². The monoisotopic (exact) mass is 654 g/mol. The first kappa shape index (κ1) is 28.5. The fourth-order valence-corrected chi connectivity index (χ4v) is 6.51. The molecule has 0 unspecified atom stereocenters. The van der Waals surface area contributed by atoms with E-state index < -0.39 is 0 Å². The van der Waals surface area contributed by atoms with Crippen molar-refractivity contribution in [2.24, 2.45) is 0 Å². The van der Waals surface area contributed by atoms with Crippen LogP contribution in [0.4, 0.5) is 0 Å². The molecule has 48 heavy (non-hydrogen) atoms. The van der Waals surface area contributed by atoms with Crippen molar-refractivity contribution in [3.8, 4) is 45.0 Å².